The number of carbonyl (C=O) groups is 1. The first kappa shape index (κ1) is 14.8. The van der Waals surface area contributed by atoms with E-state index in [1.165, 1.54) is 6.20 Å². The third-order valence-corrected chi connectivity index (χ3v) is 4.17. The molecule has 2 bridgehead atoms. The fourth-order valence-electron chi connectivity index (χ4n) is 3.40. The fraction of sp³-hybridized carbons (Fsp3) is 0.562. The van der Waals surface area contributed by atoms with Gasteiger partial charge >= 0.3 is 6.09 Å². The molecule has 2 atom stereocenters. The first-order valence-electron chi connectivity index (χ1n) is 7.40. The van der Waals surface area contributed by atoms with Crippen LogP contribution in [0.5, 0.6) is 0 Å². The SMILES string of the molecule is CC(C)(C)OC(=O)N1[C@H]2CC[C@@H]1c1c(C#N)cnc(F)c1C2. The summed E-state index contributed by atoms with van der Waals surface area (Å²) in [6.45, 7) is 5.44. The van der Waals surface area contributed by atoms with Gasteiger partial charge in [-0.1, -0.05) is 0 Å². The van der Waals surface area contributed by atoms with Crippen molar-refractivity contribution in [1.29, 1.82) is 5.26 Å². The van der Waals surface area contributed by atoms with Gasteiger partial charge in [-0.25, -0.2) is 9.78 Å². The Kier molecular flexibility index (Phi) is 3.32. The summed E-state index contributed by atoms with van der Waals surface area (Å²) in [6.07, 6.45) is 2.74. The van der Waals surface area contributed by atoms with Crippen molar-refractivity contribution >= 4 is 6.09 Å². The third-order valence-electron chi connectivity index (χ3n) is 4.17. The minimum atomic E-state index is -0.585. The van der Waals surface area contributed by atoms with Gasteiger partial charge in [-0.15, -0.1) is 0 Å². The summed E-state index contributed by atoms with van der Waals surface area (Å²) in [6, 6.07) is 1.68. The largest absolute Gasteiger partial charge is 0.444 e. The molecule has 3 rings (SSSR count). The minimum Gasteiger partial charge on any atom is -0.444 e. The number of hydrogen-bond acceptors (Lipinski definition) is 4. The number of rotatable bonds is 0. The van der Waals surface area contributed by atoms with Gasteiger partial charge in [0.15, 0.2) is 0 Å². The predicted molar refractivity (Wildman–Crippen MR) is 76.5 cm³/mol. The lowest BCUT2D eigenvalue weighted by atomic mass is 9.91. The Morgan fingerprint density at radius 2 is 2.23 bits per heavy atom. The first-order chi connectivity index (χ1) is 10.3. The Morgan fingerprint density at radius 3 is 2.86 bits per heavy atom. The molecule has 1 fully saturated rings. The van der Waals surface area contributed by atoms with Crippen LogP contribution in [-0.4, -0.2) is 27.6 Å². The van der Waals surface area contributed by atoms with Crippen LogP contribution in [0.25, 0.3) is 0 Å². The average molecular weight is 303 g/mol. The number of fused-ring (bicyclic) bond motifs is 4. The van der Waals surface area contributed by atoms with Crippen LogP contribution >= 0.6 is 0 Å². The molecule has 0 N–H and O–H groups in total. The number of aromatic nitrogens is 1. The number of halogens is 1. The highest BCUT2D eigenvalue weighted by atomic mass is 19.1. The molecule has 0 aromatic carbocycles. The van der Waals surface area contributed by atoms with Crippen molar-refractivity contribution in [3.8, 4) is 6.07 Å². The zero-order valence-corrected chi connectivity index (χ0v) is 12.9. The highest BCUT2D eigenvalue weighted by molar-refractivity contribution is 5.71. The number of carbonyl (C=O) groups excluding carboxylic acids is 1. The zero-order chi connectivity index (χ0) is 16.1. The summed E-state index contributed by atoms with van der Waals surface area (Å²) in [4.78, 5) is 17.8. The van der Waals surface area contributed by atoms with Gasteiger partial charge < -0.3 is 4.74 Å². The van der Waals surface area contributed by atoms with Crippen LogP contribution in [0.15, 0.2) is 6.20 Å². The van der Waals surface area contributed by atoms with Crippen molar-refractivity contribution in [3.05, 3.63) is 28.8 Å². The molecule has 0 spiro atoms. The van der Waals surface area contributed by atoms with Crippen LogP contribution in [0.2, 0.25) is 0 Å². The lowest BCUT2D eigenvalue weighted by molar-refractivity contribution is 0.0122. The van der Waals surface area contributed by atoms with Crippen LogP contribution in [0.1, 0.15) is 56.3 Å². The second-order valence-corrected chi connectivity index (χ2v) is 6.81. The smallest absolute Gasteiger partial charge is 0.411 e. The van der Waals surface area contributed by atoms with E-state index in [1.54, 1.807) is 4.90 Å². The number of nitrogens with zero attached hydrogens (tertiary/aromatic N) is 3. The topological polar surface area (TPSA) is 66.2 Å². The van der Waals surface area contributed by atoms with Crippen LogP contribution in [0.3, 0.4) is 0 Å². The van der Waals surface area contributed by atoms with Crippen molar-refractivity contribution in [2.24, 2.45) is 0 Å². The van der Waals surface area contributed by atoms with Crippen molar-refractivity contribution in [2.75, 3.05) is 0 Å². The van der Waals surface area contributed by atoms with Gasteiger partial charge in [-0.05, 0) is 40.0 Å². The standard InChI is InChI=1S/C16H18FN3O2/c1-16(2,3)22-15(21)20-10-4-5-12(20)13-9(7-18)8-19-14(17)11(13)6-10/h8,10,12H,4-6H2,1-3H3/t10-,12+/m0/s1. The molecule has 0 radical (unpaired) electrons. The molecule has 0 aliphatic carbocycles. The van der Waals surface area contributed by atoms with E-state index in [0.29, 0.717) is 23.1 Å². The number of ether oxygens (including phenoxy) is 1. The molecule has 1 amide bonds. The maximum absolute atomic E-state index is 14.0. The van der Waals surface area contributed by atoms with E-state index in [1.807, 2.05) is 20.8 Å². The maximum Gasteiger partial charge on any atom is 0.411 e. The Bertz CT molecular complexity index is 675. The molecular formula is C16H18FN3O2. The van der Waals surface area contributed by atoms with E-state index >= 15 is 0 Å². The quantitative estimate of drug-likeness (QED) is 0.691. The van der Waals surface area contributed by atoms with E-state index in [9.17, 15) is 14.4 Å². The Labute approximate surface area is 128 Å². The Morgan fingerprint density at radius 1 is 1.50 bits per heavy atom. The van der Waals surface area contributed by atoms with Crippen LogP contribution in [0.4, 0.5) is 9.18 Å². The Hall–Kier alpha value is -2.16. The summed E-state index contributed by atoms with van der Waals surface area (Å²) >= 11 is 0. The summed E-state index contributed by atoms with van der Waals surface area (Å²) in [5.74, 6) is -0.533. The van der Waals surface area contributed by atoms with Gasteiger partial charge in [0, 0.05) is 23.4 Å². The molecule has 1 aromatic rings. The molecule has 5 nitrogen and oxygen atoms in total. The monoisotopic (exact) mass is 303 g/mol. The lowest BCUT2D eigenvalue weighted by Gasteiger charge is -2.37. The van der Waals surface area contributed by atoms with E-state index in [4.69, 9.17) is 4.74 Å². The second kappa shape index (κ2) is 4.94. The summed E-state index contributed by atoms with van der Waals surface area (Å²) in [7, 11) is 0. The maximum atomic E-state index is 14.0. The molecule has 116 valence electrons. The van der Waals surface area contributed by atoms with E-state index in [-0.39, 0.29) is 12.1 Å². The summed E-state index contributed by atoms with van der Waals surface area (Å²) in [5.41, 5.74) is 0.842. The highest BCUT2D eigenvalue weighted by Gasteiger charge is 2.46. The molecule has 3 heterocycles. The van der Waals surface area contributed by atoms with E-state index in [2.05, 4.69) is 11.1 Å². The van der Waals surface area contributed by atoms with Crippen molar-refractivity contribution in [3.63, 3.8) is 0 Å². The molecule has 0 unspecified atom stereocenters. The molecular weight excluding hydrogens is 285 g/mol. The average Bonchev–Trinajstić information content (AvgIpc) is 2.73. The van der Waals surface area contributed by atoms with Crippen molar-refractivity contribution < 1.29 is 13.9 Å². The molecule has 1 aromatic heterocycles. The van der Waals surface area contributed by atoms with Gasteiger partial charge in [0.2, 0.25) is 5.95 Å². The normalized spacial score (nSPS) is 23.0. The van der Waals surface area contributed by atoms with Crippen molar-refractivity contribution in [2.45, 2.75) is 57.7 Å². The van der Waals surface area contributed by atoms with Gasteiger partial charge in [-0.2, -0.15) is 9.65 Å². The number of pyridine rings is 1. The third kappa shape index (κ3) is 2.31. The molecule has 2 aliphatic heterocycles. The van der Waals surface area contributed by atoms with Gasteiger partial charge in [0.1, 0.15) is 11.7 Å². The van der Waals surface area contributed by atoms with E-state index in [0.717, 1.165) is 12.8 Å². The second-order valence-electron chi connectivity index (χ2n) is 6.81. The number of amides is 1. The highest BCUT2D eigenvalue weighted by Crippen LogP contribution is 2.45. The van der Waals surface area contributed by atoms with Crippen molar-refractivity contribution in [1.82, 2.24) is 9.88 Å². The number of hydrogen-bond donors (Lipinski definition) is 0. The lowest BCUT2D eigenvalue weighted by Crippen LogP contribution is -2.45. The summed E-state index contributed by atoms with van der Waals surface area (Å²) < 4.78 is 19.5. The van der Waals surface area contributed by atoms with Gasteiger partial charge in [-0.3, -0.25) is 4.90 Å². The van der Waals surface area contributed by atoms with Crippen LogP contribution < -0.4 is 0 Å². The summed E-state index contributed by atoms with van der Waals surface area (Å²) in [5, 5.41) is 9.28. The molecule has 22 heavy (non-hydrogen) atoms. The minimum absolute atomic E-state index is 0.0856. The molecule has 0 saturated carbocycles. The van der Waals surface area contributed by atoms with Gasteiger partial charge in [0.05, 0.1) is 11.6 Å². The van der Waals surface area contributed by atoms with Gasteiger partial charge in [0.25, 0.3) is 0 Å². The van der Waals surface area contributed by atoms with E-state index < -0.39 is 17.6 Å². The molecule has 6 heteroatoms. The number of nitriles is 1. The predicted octanol–water partition coefficient (Wildman–Crippen LogP) is 3.09. The van der Waals surface area contributed by atoms with Crippen LogP contribution in [0, 0.1) is 17.3 Å². The zero-order valence-electron chi connectivity index (χ0n) is 12.9. The fourth-order valence-corrected chi connectivity index (χ4v) is 3.40. The van der Waals surface area contributed by atoms with Crippen LogP contribution in [-0.2, 0) is 11.2 Å². The first-order valence-corrected chi connectivity index (χ1v) is 7.40. The molecule has 1 saturated heterocycles. The molecule has 2 aliphatic rings. The Balaban J connectivity index is 2.02.